The summed E-state index contributed by atoms with van der Waals surface area (Å²) in [6, 6.07) is 6.07. The van der Waals surface area contributed by atoms with Crippen LogP contribution in [0.5, 0.6) is 11.5 Å². The lowest BCUT2D eigenvalue weighted by molar-refractivity contribution is -0.0595. The van der Waals surface area contributed by atoms with Crippen molar-refractivity contribution in [2.24, 2.45) is 0 Å². The lowest BCUT2D eigenvalue weighted by Crippen LogP contribution is -2.41. The molecule has 2 aromatic rings. The summed E-state index contributed by atoms with van der Waals surface area (Å²) in [7, 11) is 0. The van der Waals surface area contributed by atoms with Crippen LogP contribution >= 0.6 is 0 Å². The summed E-state index contributed by atoms with van der Waals surface area (Å²) >= 11 is 0. The Morgan fingerprint density at radius 2 is 1.54 bits per heavy atom. The molecule has 26 heavy (non-hydrogen) atoms. The average Bonchev–Trinajstić information content (AvgIpc) is 2.62. The normalized spacial score (nSPS) is 24.0. The van der Waals surface area contributed by atoms with Crippen LogP contribution in [0.4, 0.5) is 0 Å². The lowest BCUT2D eigenvalue weighted by atomic mass is 9.73. The van der Waals surface area contributed by atoms with Gasteiger partial charge in [0.25, 0.3) is 0 Å². The maximum atomic E-state index is 12.8. The fourth-order valence-electron chi connectivity index (χ4n) is 3.90. The quantitative estimate of drug-likeness (QED) is 0.402. The number of ketones is 2. The van der Waals surface area contributed by atoms with E-state index in [1.165, 1.54) is 12.1 Å². The fraction of sp³-hybridized carbons (Fsp3) is 0.263. The zero-order chi connectivity index (χ0) is 18.8. The van der Waals surface area contributed by atoms with E-state index in [9.17, 15) is 35.1 Å². The summed E-state index contributed by atoms with van der Waals surface area (Å²) in [5, 5.41) is 51.4. The third-order valence-corrected chi connectivity index (χ3v) is 5.17. The Balaban J connectivity index is 2.04. The molecule has 0 saturated carbocycles. The number of hydrogen-bond acceptors (Lipinski definition) is 7. The van der Waals surface area contributed by atoms with E-state index in [4.69, 9.17) is 0 Å². The molecule has 0 bridgehead atoms. The number of rotatable bonds is 1. The van der Waals surface area contributed by atoms with Crippen LogP contribution in [0, 0.1) is 0 Å². The van der Waals surface area contributed by atoms with Crippen LogP contribution in [-0.2, 0) is 6.42 Å². The molecule has 5 N–H and O–H groups in total. The largest absolute Gasteiger partial charge is 0.507 e. The first-order chi connectivity index (χ1) is 12.3. The van der Waals surface area contributed by atoms with Gasteiger partial charge < -0.3 is 25.5 Å². The predicted molar refractivity (Wildman–Crippen MR) is 88.4 cm³/mol. The molecular weight excluding hydrogens is 340 g/mol. The second-order valence-corrected chi connectivity index (χ2v) is 6.82. The van der Waals surface area contributed by atoms with Crippen molar-refractivity contribution in [1.82, 2.24) is 0 Å². The van der Waals surface area contributed by atoms with Crippen LogP contribution in [0.1, 0.15) is 55.5 Å². The molecule has 0 saturated heterocycles. The monoisotopic (exact) mass is 356 g/mol. The fourth-order valence-corrected chi connectivity index (χ4v) is 3.90. The van der Waals surface area contributed by atoms with E-state index >= 15 is 0 Å². The van der Waals surface area contributed by atoms with Crippen LogP contribution in [0.2, 0.25) is 0 Å². The second kappa shape index (κ2) is 5.38. The Bertz CT molecular complexity index is 978. The average molecular weight is 356 g/mol. The van der Waals surface area contributed by atoms with Crippen LogP contribution in [0.15, 0.2) is 24.3 Å². The first kappa shape index (κ1) is 16.7. The first-order valence-corrected chi connectivity index (χ1v) is 8.09. The van der Waals surface area contributed by atoms with Gasteiger partial charge in [-0.15, -0.1) is 0 Å². The summed E-state index contributed by atoms with van der Waals surface area (Å²) in [5.74, 6) is -2.39. The summed E-state index contributed by atoms with van der Waals surface area (Å²) in [5.41, 5.74) is -2.33. The van der Waals surface area contributed by atoms with Gasteiger partial charge in [0.15, 0.2) is 11.6 Å². The smallest absolute Gasteiger partial charge is 0.198 e. The number of aliphatic hydroxyl groups excluding tert-OH is 2. The minimum Gasteiger partial charge on any atom is -0.507 e. The van der Waals surface area contributed by atoms with Gasteiger partial charge in [-0.05, 0) is 0 Å². The molecule has 0 unspecified atom stereocenters. The molecule has 0 amide bonds. The first-order valence-electron chi connectivity index (χ1n) is 8.09. The number of benzene rings is 2. The SMILES string of the molecule is O=C1c2ccccc2C(=O)c2c(O)c3c(c(O)c21)C[C@@](O)(CO)C[C@@H]3O. The van der Waals surface area contributed by atoms with Crippen LogP contribution in [0.3, 0.4) is 0 Å². The highest BCUT2D eigenvalue weighted by molar-refractivity contribution is 6.30. The van der Waals surface area contributed by atoms with E-state index in [1.807, 2.05) is 0 Å². The van der Waals surface area contributed by atoms with Crippen molar-refractivity contribution in [3.05, 3.63) is 57.6 Å². The third-order valence-electron chi connectivity index (χ3n) is 5.17. The van der Waals surface area contributed by atoms with Gasteiger partial charge in [0, 0.05) is 35.1 Å². The molecule has 0 heterocycles. The van der Waals surface area contributed by atoms with Crippen molar-refractivity contribution in [2.45, 2.75) is 24.5 Å². The maximum Gasteiger partial charge on any atom is 0.198 e. The zero-order valence-electron chi connectivity index (χ0n) is 13.6. The number of phenolic OH excluding ortho intramolecular Hbond substituents is 2. The van der Waals surface area contributed by atoms with E-state index in [1.54, 1.807) is 12.1 Å². The van der Waals surface area contributed by atoms with Gasteiger partial charge in [-0.3, -0.25) is 9.59 Å². The summed E-state index contributed by atoms with van der Waals surface area (Å²) in [6.45, 7) is -0.670. The Hall–Kier alpha value is -2.74. The van der Waals surface area contributed by atoms with Crippen molar-refractivity contribution in [3.8, 4) is 11.5 Å². The number of fused-ring (bicyclic) bond motifs is 3. The van der Waals surface area contributed by atoms with Gasteiger partial charge in [-0.25, -0.2) is 0 Å². The van der Waals surface area contributed by atoms with Crippen molar-refractivity contribution in [3.63, 3.8) is 0 Å². The topological polar surface area (TPSA) is 135 Å². The molecule has 4 rings (SSSR count). The molecule has 2 aliphatic rings. The lowest BCUT2D eigenvalue weighted by Gasteiger charge is -2.36. The molecule has 0 aliphatic heterocycles. The van der Waals surface area contributed by atoms with Gasteiger partial charge in [-0.1, -0.05) is 24.3 Å². The number of carbonyl (C=O) groups excluding carboxylic acids is 2. The van der Waals surface area contributed by atoms with E-state index in [-0.39, 0.29) is 46.2 Å². The van der Waals surface area contributed by atoms with Crippen molar-refractivity contribution >= 4 is 11.6 Å². The highest BCUT2D eigenvalue weighted by atomic mass is 16.3. The highest BCUT2D eigenvalue weighted by Crippen LogP contribution is 2.49. The number of carbonyl (C=O) groups is 2. The molecule has 134 valence electrons. The van der Waals surface area contributed by atoms with Gasteiger partial charge in [0.2, 0.25) is 0 Å². The van der Waals surface area contributed by atoms with Crippen molar-refractivity contribution in [2.75, 3.05) is 6.61 Å². The molecule has 0 spiro atoms. The molecule has 2 aliphatic carbocycles. The molecule has 0 aromatic heterocycles. The van der Waals surface area contributed by atoms with Gasteiger partial charge in [-0.2, -0.15) is 0 Å². The number of phenols is 2. The summed E-state index contributed by atoms with van der Waals surface area (Å²) in [6.07, 6.45) is -1.96. The molecule has 2 aromatic carbocycles. The standard InChI is InChI=1S/C19H16O7/c20-7-19(26)5-10-12(11(21)6-19)18(25)14-13(17(10)24)15(22)8-3-1-2-4-9(8)16(14)23/h1-4,11,20-21,24-26H,5-7H2/t11-,19-/m0/s1. The van der Waals surface area contributed by atoms with Gasteiger partial charge in [0.1, 0.15) is 11.5 Å². The van der Waals surface area contributed by atoms with Crippen LogP contribution < -0.4 is 0 Å². The third kappa shape index (κ3) is 2.05. The van der Waals surface area contributed by atoms with Crippen molar-refractivity contribution < 1.29 is 35.1 Å². The van der Waals surface area contributed by atoms with Gasteiger partial charge >= 0.3 is 0 Å². The van der Waals surface area contributed by atoms with E-state index < -0.39 is 41.4 Å². The Labute approximate surface area is 147 Å². The molecule has 0 radical (unpaired) electrons. The minimum absolute atomic E-state index is 0.0444. The Kier molecular flexibility index (Phi) is 3.46. The zero-order valence-corrected chi connectivity index (χ0v) is 13.6. The van der Waals surface area contributed by atoms with E-state index in [0.717, 1.165) is 0 Å². The second-order valence-electron chi connectivity index (χ2n) is 6.82. The number of hydrogen-bond donors (Lipinski definition) is 5. The Morgan fingerprint density at radius 1 is 1.00 bits per heavy atom. The summed E-state index contributed by atoms with van der Waals surface area (Å²) < 4.78 is 0. The van der Waals surface area contributed by atoms with Crippen LogP contribution in [0.25, 0.3) is 0 Å². The van der Waals surface area contributed by atoms with Crippen LogP contribution in [-0.4, -0.2) is 49.3 Å². The predicted octanol–water partition coefficient (Wildman–Crippen LogP) is 0.576. The highest BCUT2D eigenvalue weighted by Gasteiger charge is 2.44. The molecular formula is C19H16O7. The minimum atomic E-state index is -1.70. The molecule has 7 nitrogen and oxygen atoms in total. The maximum absolute atomic E-state index is 12.8. The molecule has 0 fully saturated rings. The molecule has 7 heteroatoms. The number of aromatic hydroxyl groups is 2. The van der Waals surface area contributed by atoms with Crippen molar-refractivity contribution in [1.29, 1.82) is 0 Å². The van der Waals surface area contributed by atoms with E-state index in [2.05, 4.69) is 0 Å². The number of aliphatic hydroxyl groups is 3. The Morgan fingerprint density at radius 3 is 2.08 bits per heavy atom. The molecule has 2 atom stereocenters. The summed E-state index contributed by atoms with van der Waals surface area (Å²) in [4.78, 5) is 25.6. The van der Waals surface area contributed by atoms with Gasteiger partial charge in [0.05, 0.1) is 29.4 Å². The van der Waals surface area contributed by atoms with E-state index in [0.29, 0.717) is 0 Å².